The maximum absolute atomic E-state index is 13.5. The van der Waals surface area contributed by atoms with E-state index in [4.69, 9.17) is 0 Å². The molecule has 21 heavy (non-hydrogen) atoms. The summed E-state index contributed by atoms with van der Waals surface area (Å²) in [4.78, 5) is 11.8. The predicted molar refractivity (Wildman–Crippen MR) is 88.6 cm³/mol. The van der Waals surface area contributed by atoms with E-state index in [-0.39, 0.29) is 24.8 Å². The molecule has 0 saturated carbocycles. The van der Waals surface area contributed by atoms with Crippen LogP contribution < -0.4 is 10.6 Å². The second-order valence-electron chi connectivity index (χ2n) is 4.40. The van der Waals surface area contributed by atoms with Crippen molar-refractivity contribution in [1.82, 2.24) is 5.32 Å². The van der Waals surface area contributed by atoms with E-state index in [1.807, 2.05) is 18.2 Å². The molecular weight excluding hydrogens is 403 g/mol. The van der Waals surface area contributed by atoms with Gasteiger partial charge in [0.15, 0.2) is 0 Å². The smallest absolute Gasteiger partial charge is 0.238 e. The molecule has 0 aliphatic heterocycles. The van der Waals surface area contributed by atoms with Crippen LogP contribution in [0.2, 0.25) is 0 Å². The highest BCUT2D eigenvalue weighted by Gasteiger charge is 2.05. The van der Waals surface area contributed by atoms with E-state index < -0.39 is 0 Å². The Balaban J connectivity index is 1.83. The minimum atomic E-state index is -0.293. The number of hydrogen-bond donors (Lipinski definition) is 2. The Morgan fingerprint density at radius 1 is 1.10 bits per heavy atom. The molecule has 2 rings (SSSR count). The first kappa shape index (κ1) is 16.1. The fourth-order valence-electron chi connectivity index (χ4n) is 1.76. The van der Waals surface area contributed by atoms with E-state index in [0.717, 1.165) is 8.95 Å². The largest absolute Gasteiger partial charge is 0.325 e. The van der Waals surface area contributed by atoms with Crippen molar-refractivity contribution in [2.75, 3.05) is 11.9 Å². The zero-order chi connectivity index (χ0) is 15.2. The fraction of sp³-hybridized carbons (Fsp3) is 0.133. The summed E-state index contributed by atoms with van der Waals surface area (Å²) in [5.74, 6) is -0.471. The molecule has 0 fully saturated rings. The summed E-state index contributed by atoms with van der Waals surface area (Å²) in [5, 5.41) is 5.68. The number of anilines is 1. The normalized spacial score (nSPS) is 10.4. The van der Waals surface area contributed by atoms with Crippen LogP contribution in [0, 0.1) is 5.82 Å². The van der Waals surface area contributed by atoms with Crippen molar-refractivity contribution < 1.29 is 9.18 Å². The summed E-state index contributed by atoms with van der Waals surface area (Å²) in [6, 6.07) is 12.0. The highest BCUT2D eigenvalue weighted by Crippen LogP contribution is 2.16. The minimum absolute atomic E-state index is 0.110. The lowest BCUT2D eigenvalue weighted by molar-refractivity contribution is -0.115. The molecule has 2 aromatic carbocycles. The molecule has 0 aromatic heterocycles. The third-order valence-corrected chi connectivity index (χ3v) is 3.70. The van der Waals surface area contributed by atoms with Gasteiger partial charge in [-0.25, -0.2) is 4.39 Å². The summed E-state index contributed by atoms with van der Waals surface area (Å²) in [7, 11) is 0. The zero-order valence-corrected chi connectivity index (χ0v) is 14.2. The molecule has 0 aliphatic rings. The van der Waals surface area contributed by atoms with Crippen molar-refractivity contribution in [2.45, 2.75) is 6.54 Å². The lowest BCUT2D eigenvalue weighted by atomic mass is 10.2. The Bertz CT molecular complexity index is 649. The van der Waals surface area contributed by atoms with Gasteiger partial charge in [0.25, 0.3) is 0 Å². The van der Waals surface area contributed by atoms with Crippen molar-refractivity contribution >= 4 is 43.5 Å². The van der Waals surface area contributed by atoms with E-state index in [0.29, 0.717) is 11.3 Å². The molecule has 0 atom stereocenters. The Morgan fingerprint density at radius 2 is 1.86 bits per heavy atom. The molecule has 0 unspecified atom stereocenters. The van der Waals surface area contributed by atoms with Gasteiger partial charge in [-0.3, -0.25) is 4.79 Å². The quantitative estimate of drug-likeness (QED) is 0.772. The fourth-order valence-corrected chi connectivity index (χ4v) is 2.57. The van der Waals surface area contributed by atoms with Crippen LogP contribution in [0.5, 0.6) is 0 Å². The molecule has 3 nitrogen and oxygen atoms in total. The average molecular weight is 416 g/mol. The van der Waals surface area contributed by atoms with Crippen LogP contribution >= 0.6 is 31.9 Å². The van der Waals surface area contributed by atoms with Crippen molar-refractivity contribution in [2.24, 2.45) is 0 Å². The number of carbonyl (C=O) groups excluding carboxylic acids is 1. The first-order valence-corrected chi connectivity index (χ1v) is 7.83. The maximum Gasteiger partial charge on any atom is 0.238 e. The third kappa shape index (κ3) is 5.22. The highest BCUT2D eigenvalue weighted by molar-refractivity contribution is 9.10. The summed E-state index contributed by atoms with van der Waals surface area (Å²) in [6.45, 7) is 0.398. The van der Waals surface area contributed by atoms with E-state index in [1.165, 1.54) is 6.07 Å². The van der Waals surface area contributed by atoms with Gasteiger partial charge in [0.1, 0.15) is 5.82 Å². The molecule has 0 radical (unpaired) electrons. The average Bonchev–Trinajstić information content (AvgIpc) is 2.42. The van der Waals surface area contributed by atoms with Gasteiger partial charge in [-0.05, 0) is 36.4 Å². The molecule has 0 spiro atoms. The lowest BCUT2D eigenvalue weighted by Gasteiger charge is -2.08. The zero-order valence-electron chi connectivity index (χ0n) is 11.0. The first-order chi connectivity index (χ1) is 10.0. The molecule has 0 bridgehead atoms. The SMILES string of the molecule is O=C(CNCc1cc(Br)ccc1F)Nc1cccc(Br)c1. The van der Waals surface area contributed by atoms with Gasteiger partial charge in [-0.15, -0.1) is 0 Å². The Hall–Kier alpha value is -1.24. The maximum atomic E-state index is 13.5. The molecule has 2 aromatic rings. The topological polar surface area (TPSA) is 41.1 Å². The number of carbonyl (C=O) groups is 1. The van der Waals surface area contributed by atoms with Crippen LogP contribution in [0.15, 0.2) is 51.4 Å². The van der Waals surface area contributed by atoms with Crippen LogP contribution in [0.3, 0.4) is 0 Å². The van der Waals surface area contributed by atoms with Crippen molar-refractivity contribution in [3.8, 4) is 0 Å². The Morgan fingerprint density at radius 3 is 2.62 bits per heavy atom. The lowest BCUT2D eigenvalue weighted by Crippen LogP contribution is -2.28. The Labute approximate surface area is 139 Å². The van der Waals surface area contributed by atoms with Crippen LogP contribution in [0.4, 0.5) is 10.1 Å². The van der Waals surface area contributed by atoms with E-state index >= 15 is 0 Å². The second-order valence-corrected chi connectivity index (χ2v) is 6.23. The van der Waals surface area contributed by atoms with Crippen LogP contribution in [-0.4, -0.2) is 12.5 Å². The molecule has 1 amide bonds. The summed E-state index contributed by atoms with van der Waals surface area (Å²) < 4.78 is 15.2. The summed E-state index contributed by atoms with van der Waals surface area (Å²) in [5.41, 5.74) is 1.23. The number of nitrogens with one attached hydrogen (secondary N) is 2. The third-order valence-electron chi connectivity index (χ3n) is 2.72. The predicted octanol–water partition coefficient (Wildman–Crippen LogP) is 4.08. The molecule has 6 heteroatoms. The van der Waals surface area contributed by atoms with E-state index in [2.05, 4.69) is 42.5 Å². The van der Waals surface area contributed by atoms with Crippen LogP contribution in [0.1, 0.15) is 5.56 Å². The summed E-state index contributed by atoms with van der Waals surface area (Å²) >= 11 is 6.63. The first-order valence-electron chi connectivity index (χ1n) is 6.24. The van der Waals surface area contributed by atoms with Gasteiger partial charge >= 0.3 is 0 Å². The van der Waals surface area contributed by atoms with Crippen molar-refractivity contribution in [1.29, 1.82) is 0 Å². The van der Waals surface area contributed by atoms with Gasteiger partial charge in [0.2, 0.25) is 5.91 Å². The number of benzene rings is 2. The van der Waals surface area contributed by atoms with Crippen molar-refractivity contribution in [3.63, 3.8) is 0 Å². The molecule has 0 aliphatic carbocycles. The molecule has 0 saturated heterocycles. The van der Waals surface area contributed by atoms with Gasteiger partial charge in [-0.1, -0.05) is 37.9 Å². The molecule has 2 N–H and O–H groups in total. The van der Waals surface area contributed by atoms with Crippen molar-refractivity contribution in [3.05, 3.63) is 62.8 Å². The molecule has 110 valence electrons. The van der Waals surface area contributed by atoms with E-state index in [9.17, 15) is 9.18 Å². The number of halogens is 3. The molecular formula is C15H13Br2FN2O. The standard InChI is InChI=1S/C15H13Br2FN2O/c16-11-2-1-3-13(7-11)20-15(21)9-19-8-10-6-12(17)4-5-14(10)18/h1-7,19H,8-9H2,(H,20,21). The van der Waals surface area contributed by atoms with Gasteiger partial charge < -0.3 is 10.6 Å². The van der Waals surface area contributed by atoms with Gasteiger partial charge in [0, 0.05) is 26.7 Å². The summed E-state index contributed by atoms with van der Waals surface area (Å²) in [6.07, 6.45) is 0. The number of amides is 1. The number of rotatable bonds is 5. The minimum Gasteiger partial charge on any atom is -0.325 e. The van der Waals surface area contributed by atoms with E-state index in [1.54, 1.807) is 18.2 Å². The van der Waals surface area contributed by atoms with Crippen LogP contribution in [-0.2, 0) is 11.3 Å². The second kappa shape index (κ2) is 7.68. The van der Waals surface area contributed by atoms with Gasteiger partial charge in [0.05, 0.1) is 6.54 Å². The van der Waals surface area contributed by atoms with Crippen LogP contribution in [0.25, 0.3) is 0 Å². The Kier molecular flexibility index (Phi) is 5.90. The monoisotopic (exact) mass is 414 g/mol. The molecule has 0 heterocycles. The highest BCUT2D eigenvalue weighted by atomic mass is 79.9. The number of hydrogen-bond acceptors (Lipinski definition) is 2. The van der Waals surface area contributed by atoms with Gasteiger partial charge in [-0.2, -0.15) is 0 Å².